The van der Waals surface area contributed by atoms with Crippen molar-refractivity contribution in [2.24, 2.45) is 5.10 Å². The van der Waals surface area contributed by atoms with Gasteiger partial charge in [0.2, 0.25) is 11.1 Å². The number of phenols is 1. The van der Waals surface area contributed by atoms with E-state index in [4.69, 9.17) is 16.3 Å². The molecule has 0 unspecified atom stereocenters. The average molecular weight is 387 g/mol. The lowest BCUT2D eigenvalue weighted by molar-refractivity contribution is 0.0955. The Morgan fingerprint density at radius 3 is 2.59 bits per heavy atom. The Labute approximate surface area is 158 Å². The highest BCUT2D eigenvalue weighted by Crippen LogP contribution is 2.22. The lowest BCUT2D eigenvalue weighted by Crippen LogP contribution is -2.17. The molecule has 9 heteroatoms. The Hall–Kier alpha value is -3.52. The van der Waals surface area contributed by atoms with E-state index in [1.54, 1.807) is 24.3 Å². The molecule has 0 aliphatic heterocycles. The molecule has 1 heterocycles. The van der Waals surface area contributed by atoms with Gasteiger partial charge in [0.1, 0.15) is 11.5 Å². The number of rotatable bonds is 5. The molecule has 0 fully saturated rings. The number of hydrazone groups is 1. The van der Waals surface area contributed by atoms with Gasteiger partial charge in [-0.2, -0.15) is 14.5 Å². The summed E-state index contributed by atoms with van der Waals surface area (Å²) < 4.78 is 18.9. The Balaban J connectivity index is 1.60. The predicted octanol–water partition coefficient (Wildman–Crippen LogP) is 3.53. The zero-order chi connectivity index (χ0) is 19.2. The smallest absolute Gasteiger partial charge is 0.271 e. The molecule has 2 aromatic carbocycles. The van der Waals surface area contributed by atoms with E-state index >= 15 is 0 Å². The molecule has 0 saturated heterocycles. The molecular formula is C18H12ClFN4O3. The number of amides is 1. The highest BCUT2D eigenvalue weighted by Gasteiger charge is 2.08. The van der Waals surface area contributed by atoms with Crippen LogP contribution >= 0.6 is 11.6 Å². The van der Waals surface area contributed by atoms with Gasteiger partial charge in [0.05, 0.1) is 12.4 Å². The summed E-state index contributed by atoms with van der Waals surface area (Å²) in [5, 5.41) is 12.9. The molecule has 7 nitrogen and oxygen atoms in total. The molecule has 136 valence electrons. The van der Waals surface area contributed by atoms with E-state index in [0.717, 1.165) is 6.20 Å². The first-order valence-electron chi connectivity index (χ1n) is 7.59. The van der Waals surface area contributed by atoms with Gasteiger partial charge in [0.25, 0.3) is 11.8 Å². The third-order valence-electron chi connectivity index (χ3n) is 3.29. The Bertz CT molecular complexity index is 979. The number of halogens is 2. The average Bonchev–Trinajstić information content (AvgIpc) is 2.66. The van der Waals surface area contributed by atoms with Gasteiger partial charge in [-0.1, -0.05) is 0 Å². The van der Waals surface area contributed by atoms with Crippen molar-refractivity contribution in [3.63, 3.8) is 0 Å². The number of carbonyl (C=O) groups excluding carboxylic acids is 1. The second-order valence-electron chi connectivity index (χ2n) is 5.21. The van der Waals surface area contributed by atoms with Gasteiger partial charge in [-0.25, -0.2) is 10.4 Å². The molecule has 27 heavy (non-hydrogen) atoms. The predicted molar refractivity (Wildman–Crippen MR) is 96.7 cm³/mol. The largest absolute Gasteiger partial charge is 0.508 e. The molecule has 1 aromatic heterocycles. The topological polar surface area (TPSA) is 96.7 Å². The lowest BCUT2D eigenvalue weighted by Gasteiger charge is -2.05. The molecule has 3 aromatic rings. The maximum Gasteiger partial charge on any atom is 0.271 e. The minimum Gasteiger partial charge on any atom is -0.508 e. The zero-order valence-electron chi connectivity index (χ0n) is 13.6. The van der Waals surface area contributed by atoms with Crippen LogP contribution in [0.5, 0.6) is 17.4 Å². The van der Waals surface area contributed by atoms with E-state index in [0.29, 0.717) is 16.9 Å². The summed E-state index contributed by atoms with van der Waals surface area (Å²) in [5.41, 5.74) is 3.41. The van der Waals surface area contributed by atoms with Crippen molar-refractivity contribution in [1.29, 1.82) is 0 Å². The monoisotopic (exact) mass is 386 g/mol. The molecule has 0 aliphatic carbocycles. The summed E-state index contributed by atoms with van der Waals surface area (Å²) in [7, 11) is 0. The molecule has 0 radical (unpaired) electrons. The van der Waals surface area contributed by atoms with E-state index in [1.165, 1.54) is 30.5 Å². The van der Waals surface area contributed by atoms with Crippen molar-refractivity contribution in [3.8, 4) is 17.4 Å². The maximum atomic E-state index is 13.6. The van der Waals surface area contributed by atoms with E-state index in [1.807, 2.05) is 0 Å². The number of hydrogen-bond donors (Lipinski definition) is 2. The van der Waals surface area contributed by atoms with Crippen LogP contribution in [-0.2, 0) is 0 Å². The van der Waals surface area contributed by atoms with Crippen LogP contribution in [0.4, 0.5) is 4.39 Å². The molecule has 2 N–H and O–H groups in total. The number of aromatic hydroxyl groups is 1. The number of carbonyl (C=O) groups is 1. The Morgan fingerprint density at radius 1 is 1.19 bits per heavy atom. The third kappa shape index (κ3) is 4.99. The van der Waals surface area contributed by atoms with Crippen molar-refractivity contribution in [2.45, 2.75) is 0 Å². The van der Waals surface area contributed by atoms with Gasteiger partial charge in [-0.05, 0) is 65.7 Å². The molecule has 0 aliphatic rings. The molecule has 0 saturated carbocycles. The fraction of sp³-hybridized carbons (Fsp3) is 0. The molecule has 1 amide bonds. The number of nitrogens with zero attached hydrogens (tertiary/aromatic N) is 3. The van der Waals surface area contributed by atoms with Crippen molar-refractivity contribution in [3.05, 3.63) is 77.0 Å². The van der Waals surface area contributed by atoms with Crippen molar-refractivity contribution < 1.29 is 19.0 Å². The van der Waals surface area contributed by atoms with Gasteiger partial charge >= 0.3 is 0 Å². The summed E-state index contributed by atoms with van der Waals surface area (Å²) in [4.78, 5) is 19.0. The van der Waals surface area contributed by atoms with E-state index in [2.05, 4.69) is 20.5 Å². The van der Waals surface area contributed by atoms with Crippen LogP contribution in [0.25, 0.3) is 0 Å². The Kier molecular flexibility index (Phi) is 5.58. The van der Waals surface area contributed by atoms with Gasteiger partial charge < -0.3 is 9.84 Å². The quantitative estimate of drug-likeness (QED) is 0.397. The summed E-state index contributed by atoms with van der Waals surface area (Å²) in [5.74, 6) is -1.02. The summed E-state index contributed by atoms with van der Waals surface area (Å²) in [6, 6.07) is 12.3. The van der Waals surface area contributed by atoms with Gasteiger partial charge in [-0.15, -0.1) is 0 Å². The van der Waals surface area contributed by atoms with Crippen LogP contribution in [0, 0.1) is 5.82 Å². The van der Waals surface area contributed by atoms with Crippen molar-refractivity contribution >= 4 is 23.7 Å². The van der Waals surface area contributed by atoms with Gasteiger partial charge in [-0.3, -0.25) is 4.79 Å². The van der Waals surface area contributed by atoms with Crippen LogP contribution in [0.1, 0.15) is 15.9 Å². The number of phenolic OH excluding ortho intramolecular Hbond substituents is 1. The SMILES string of the molecule is O=C(N/N=C\c1ccc(Oc2nc(Cl)ncc2F)cc1)c1ccc(O)cc1. The fourth-order valence-corrected chi connectivity index (χ4v) is 2.10. The first kappa shape index (κ1) is 18.3. The molecule has 0 bridgehead atoms. The number of aromatic nitrogens is 2. The lowest BCUT2D eigenvalue weighted by atomic mass is 10.2. The highest BCUT2D eigenvalue weighted by molar-refractivity contribution is 6.28. The number of benzene rings is 2. The highest BCUT2D eigenvalue weighted by atomic mass is 35.5. The van der Waals surface area contributed by atoms with Crippen molar-refractivity contribution in [1.82, 2.24) is 15.4 Å². The molecular weight excluding hydrogens is 375 g/mol. The normalized spacial score (nSPS) is 10.7. The second kappa shape index (κ2) is 8.24. The van der Waals surface area contributed by atoms with Crippen LogP contribution < -0.4 is 10.2 Å². The van der Waals surface area contributed by atoms with E-state index in [9.17, 15) is 14.3 Å². The van der Waals surface area contributed by atoms with Crippen LogP contribution in [0.3, 0.4) is 0 Å². The zero-order valence-corrected chi connectivity index (χ0v) is 14.4. The first-order valence-corrected chi connectivity index (χ1v) is 7.97. The number of nitrogens with one attached hydrogen (secondary N) is 1. The second-order valence-corrected chi connectivity index (χ2v) is 5.55. The van der Waals surface area contributed by atoms with Crippen LogP contribution in [0.15, 0.2) is 59.8 Å². The first-order chi connectivity index (χ1) is 13.0. The molecule has 0 atom stereocenters. The standard InChI is InChI=1S/C18H12ClFN4O3/c19-18-21-10-15(20)17(23-18)27-14-7-1-11(2-8-14)9-22-24-16(26)12-3-5-13(25)6-4-12/h1-10,25H,(H,24,26)/b22-9-. The third-order valence-corrected chi connectivity index (χ3v) is 3.47. The fourth-order valence-electron chi connectivity index (χ4n) is 1.98. The van der Waals surface area contributed by atoms with Crippen molar-refractivity contribution in [2.75, 3.05) is 0 Å². The minimum absolute atomic E-state index is 0.0708. The summed E-state index contributed by atoms with van der Waals surface area (Å²) >= 11 is 5.61. The summed E-state index contributed by atoms with van der Waals surface area (Å²) in [6.45, 7) is 0. The molecule has 0 spiro atoms. The van der Waals surface area contributed by atoms with Gasteiger partial charge in [0.15, 0.2) is 0 Å². The van der Waals surface area contributed by atoms with Gasteiger partial charge in [0, 0.05) is 5.56 Å². The number of ether oxygens (including phenoxy) is 1. The minimum atomic E-state index is -0.734. The van der Waals surface area contributed by atoms with E-state index < -0.39 is 11.7 Å². The van der Waals surface area contributed by atoms with Crippen LogP contribution in [0.2, 0.25) is 5.28 Å². The Morgan fingerprint density at radius 2 is 1.89 bits per heavy atom. The maximum absolute atomic E-state index is 13.6. The number of hydrogen-bond acceptors (Lipinski definition) is 6. The molecule has 3 rings (SSSR count). The van der Waals surface area contributed by atoms with Crippen LogP contribution in [-0.4, -0.2) is 27.2 Å². The van der Waals surface area contributed by atoms with E-state index in [-0.39, 0.29) is 16.9 Å². The summed E-state index contributed by atoms with van der Waals surface area (Å²) in [6.07, 6.45) is 2.35.